The molecule has 4 amide bonds. The predicted octanol–water partition coefficient (Wildman–Crippen LogP) is 3.22. The van der Waals surface area contributed by atoms with Crippen LogP contribution in [0.25, 0.3) is 6.08 Å². The van der Waals surface area contributed by atoms with Crippen LogP contribution < -0.4 is 15.4 Å². The number of carbonyl (C=O) groups excluding carboxylic acids is 3. The Morgan fingerprint density at radius 3 is 2.43 bits per heavy atom. The summed E-state index contributed by atoms with van der Waals surface area (Å²) in [6.07, 6.45) is 1.52. The van der Waals surface area contributed by atoms with Crippen molar-refractivity contribution < 1.29 is 23.5 Å². The van der Waals surface area contributed by atoms with Crippen LogP contribution in [-0.2, 0) is 16.0 Å². The zero-order chi connectivity index (χ0) is 20.3. The summed E-state index contributed by atoms with van der Waals surface area (Å²) >= 11 is 6.40. The third-order valence-corrected chi connectivity index (χ3v) is 4.39. The topological polar surface area (TPSA) is 84.5 Å². The molecule has 1 aliphatic rings. The third kappa shape index (κ3) is 4.20. The first-order valence-corrected chi connectivity index (χ1v) is 8.83. The van der Waals surface area contributed by atoms with Gasteiger partial charge in [0.05, 0.1) is 6.61 Å². The number of hydrogen-bond acceptors (Lipinski definition) is 4. The van der Waals surface area contributed by atoms with Crippen LogP contribution >= 0.6 is 11.6 Å². The van der Waals surface area contributed by atoms with E-state index in [9.17, 15) is 18.8 Å². The standard InChI is InChI=1S/C20H16ClFN2O4/c1-2-28-17-9-11(7-14-18(25)23-20(27)24-19(14)26)8-15(21)13(17)10-12-5-3-4-6-16(12)22/h3-9H,2,10H2,1H3,(H2,23,24,25,26,27). The van der Waals surface area contributed by atoms with Crippen LogP contribution in [0.4, 0.5) is 9.18 Å². The van der Waals surface area contributed by atoms with Gasteiger partial charge >= 0.3 is 6.03 Å². The van der Waals surface area contributed by atoms with Crippen molar-refractivity contribution in [3.05, 3.63) is 69.5 Å². The van der Waals surface area contributed by atoms with Crippen LogP contribution in [0.15, 0.2) is 42.0 Å². The Bertz CT molecular complexity index is 982. The molecule has 0 saturated carbocycles. The second-order valence-corrected chi connectivity index (χ2v) is 6.38. The molecule has 0 bridgehead atoms. The van der Waals surface area contributed by atoms with Gasteiger partial charge in [0.15, 0.2) is 0 Å². The minimum Gasteiger partial charge on any atom is -0.494 e. The number of nitrogens with one attached hydrogen (secondary N) is 2. The fourth-order valence-corrected chi connectivity index (χ4v) is 3.06. The van der Waals surface area contributed by atoms with Gasteiger partial charge in [0.25, 0.3) is 11.8 Å². The number of carbonyl (C=O) groups is 3. The van der Waals surface area contributed by atoms with E-state index >= 15 is 0 Å². The van der Waals surface area contributed by atoms with Gasteiger partial charge in [0.2, 0.25) is 0 Å². The highest BCUT2D eigenvalue weighted by molar-refractivity contribution is 6.32. The molecule has 1 heterocycles. The highest BCUT2D eigenvalue weighted by Gasteiger charge is 2.27. The van der Waals surface area contributed by atoms with Crippen LogP contribution in [0.3, 0.4) is 0 Å². The SMILES string of the molecule is CCOc1cc(C=C2C(=O)NC(=O)NC2=O)cc(Cl)c1Cc1ccccc1F. The van der Waals surface area contributed by atoms with E-state index in [4.69, 9.17) is 16.3 Å². The Balaban J connectivity index is 2.00. The zero-order valence-electron chi connectivity index (χ0n) is 14.8. The number of urea groups is 1. The number of imide groups is 2. The molecule has 6 nitrogen and oxygen atoms in total. The van der Waals surface area contributed by atoms with Gasteiger partial charge in [-0.25, -0.2) is 9.18 Å². The number of benzene rings is 2. The van der Waals surface area contributed by atoms with Gasteiger partial charge in [-0.1, -0.05) is 29.8 Å². The molecular weight excluding hydrogens is 387 g/mol. The number of halogens is 2. The Kier molecular flexibility index (Phi) is 5.75. The van der Waals surface area contributed by atoms with Gasteiger partial charge < -0.3 is 4.74 Å². The molecule has 0 atom stereocenters. The van der Waals surface area contributed by atoms with Gasteiger partial charge in [-0.3, -0.25) is 20.2 Å². The minimum atomic E-state index is -0.875. The van der Waals surface area contributed by atoms with E-state index in [1.54, 1.807) is 37.3 Å². The van der Waals surface area contributed by atoms with Gasteiger partial charge in [0, 0.05) is 17.0 Å². The third-order valence-electron chi connectivity index (χ3n) is 4.06. The lowest BCUT2D eigenvalue weighted by atomic mass is 10.00. The summed E-state index contributed by atoms with van der Waals surface area (Å²) < 4.78 is 19.7. The van der Waals surface area contributed by atoms with Crippen molar-refractivity contribution >= 4 is 35.5 Å². The smallest absolute Gasteiger partial charge is 0.328 e. The summed E-state index contributed by atoms with van der Waals surface area (Å²) in [5.74, 6) is -1.55. The first-order chi connectivity index (χ1) is 13.4. The normalized spacial score (nSPS) is 13.8. The Morgan fingerprint density at radius 1 is 1.11 bits per heavy atom. The van der Waals surface area contributed by atoms with E-state index in [-0.39, 0.29) is 17.8 Å². The molecule has 0 unspecified atom stereocenters. The highest BCUT2D eigenvalue weighted by atomic mass is 35.5. The van der Waals surface area contributed by atoms with Crippen molar-refractivity contribution in [3.63, 3.8) is 0 Å². The lowest BCUT2D eigenvalue weighted by Crippen LogP contribution is -2.51. The second kappa shape index (κ2) is 8.22. The maximum absolute atomic E-state index is 14.0. The fraction of sp³-hybridized carbons (Fsp3) is 0.150. The second-order valence-electron chi connectivity index (χ2n) is 5.98. The molecule has 28 heavy (non-hydrogen) atoms. The number of rotatable bonds is 5. The molecule has 2 N–H and O–H groups in total. The van der Waals surface area contributed by atoms with Crippen molar-refractivity contribution in [1.82, 2.24) is 10.6 Å². The predicted molar refractivity (Wildman–Crippen MR) is 101 cm³/mol. The monoisotopic (exact) mass is 402 g/mol. The quantitative estimate of drug-likeness (QED) is 0.594. The molecule has 1 saturated heterocycles. The number of amides is 4. The molecule has 2 aromatic rings. The summed E-state index contributed by atoms with van der Waals surface area (Å²) in [6, 6.07) is 8.63. The average molecular weight is 403 g/mol. The van der Waals surface area contributed by atoms with Crippen LogP contribution in [0, 0.1) is 5.82 Å². The van der Waals surface area contributed by atoms with Crippen LogP contribution in [0.2, 0.25) is 5.02 Å². The largest absolute Gasteiger partial charge is 0.494 e. The molecular formula is C20H16ClFN2O4. The molecule has 8 heteroatoms. The van der Waals surface area contributed by atoms with Gasteiger partial charge in [0.1, 0.15) is 17.1 Å². The van der Waals surface area contributed by atoms with Gasteiger partial charge in [-0.05, 0) is 42.3 Å². The first-order valence-electron chi connectivity index (χ1n) is 8.46. The van der Waals surface area contributed by atoms with Crippen LogP contribution in [0.1, 0.15) is 23.6 Å². The molecule has 0 aliphatic carbocycles. The summed E-state index contributed by atoms with van der Waals surface area (Å²) in [7, 11) is 0. The number of barbiturate groups is 1. The number of hydrogen-bond donors (Lipinski definition) is 2. The van der Waals surface area contributed by atoms with Crippen molar-refractivity contribution in [2.24, 2.45) is 0 Å². The van der Waals surface area contributed by atoms with E-state index in [1.807, 2.05) is 10.6 Å². The zero-order valence-corrected chi connectivity index (χ0v) is 15.6. The Hall–Kier alpha value is -3.19. The first kappa shape index (κ1) is 19.6. The van der Waals surface area contributed by atoms with E-state index in [0.717, 1.165) is 0 Å². The number of ether oxygens (including phenoxy) is 1. The molecule has 0 radical (unpaired) electrons. The molecule has 0 aromatic heterocycles. The fourth-order valence-electron chi connectivity index (χ4n) is 2.78. The lowest BCUT2D eigenvalue weighted by molar-refractivity contribution is -0.123. The van der Waals surface area contributed by atoms with E-state index in [1.165, 1.54) is 12.1 Å². The van der Waals surface area contributed by atoms with Gasteiger partial charge in [-0.15, -0.1) is 0 Å². The van der Waals surface area contributed by atoms with Crippen molar-refractivity contribution in [2.75, 3.05) is 6.61 Å². The summed E-state index contributed by atoms with van der Waals surface area (Å²) in [6.45, 7) is 2.13. The molecule has 1 aliphatic heterocycles. The highest BCUT2D eigenvalue weighted by Crippen LogP contribution is 2.32. The molecule has 2 aromatic carbocycles. The summed E-state index contributed by atoms with van der Waals surface area (Å²) in [5, 5.41) is 4.30. The summed E-state index contributed by atoms with van der Waals surface area (Å²) in [5.41, 5.74) is 1.24. The average Bonchev–Trinajstić information content (AvgIpc) is 2.63. The van der Waals surface area contributed by atoms with Crippen molar-refractivity contribution in [3.8, 4) is 5.75 Å². The summed E-state index contributed by atoms with van der Waals surface area (Å²) in [4.78, 5) is 34.9. The maximum atomic E-state index is 14.0. The van der Waals surface area contributed by atoms with E-state index in [0.29, 0.717) is 34.1 Å². The van der Waals surface area contributed by atoms with Crippen LogP contribution in [0.5, 0.6) is 5.75 Å². The van der Waals surface area contributed by atoms with E-state index < -0.39 is 17.8 Å². The molecule has 1 fully saturated rings. The van der Waals surface area contributed by atoms with E-state index in [2.05, 4.69) is 0 Å². The molecule has 144 valence electrons. The molecule has 3 rings (SSSR count). The minimum absolute atomic E-state index is 0.215. The lowest BCUT2D eigenvalue weighted by Gasteiger charge is -2.16. The Labute approximate surface area is 165 Å². The van der Waals surface area contributed by atoms with Gasteiger partial charge in [-0.2, -0.15) is 0 Å². The van der Waals surface area contributed by atoms with Crippen molar-refractivity contribution in [1.29, 1.82) is 0 Å². The Morgan fingerprint density at radius 2 is 1.79 bits per heavy atom. The van der Waals surface area contributed by atoms with Crippen LogP contribution in [-0.4, -0.2) is 24.5 Å². The maximum Gasteiger partial charge on any atom is 0.328 e. The van der Waals surface area contributed by atoms with Crippen molar-refractivity contribution in [2.45, 2.75) is 13.3 Å². The molecule has 0 spiro atoms.